The monoisotopic (exact) mass is 382 g/mol. The van der Waals surface area contributed by atoms with Gasteiger partial charge in [-0.2, -0.15) is 0 Å². The first-order chi connectivity index (χ1) is 13.6. The molecule has 2 aromatic rings. The van der Waals surface area contributed by atoms with Crippen LogP contribution in [0.2, 0.25) is 0 Å². The van der Waals surface area contributed by atoms with Gasteiger partial charge in [-0.15, -0.1) is 0 Å². The molecule has 1 unspecified atom stereocenters. The molecule has 0 fully saturated rings. The SMILES string of the molecule is O=C1NC(CCCN2CC=C(c3ccc(F)cc3)CC2)Oc2ccc(O)cc21. The van der Waals surface area contributed by atoms with E-state index in [1.807, 2.05) is 12.1 Å². The molecule has 4 rings (SSSR count). The number of hydrogen-bond donors (Lipinski definition) is 2. The number of rotatable bonds is 5. The first kappa shape index (κ1) is 18.5. The van der Waals surface area contributed by atoms with Gasteiger partial charge in [0.2, 0.25) is 0 Å². The average molecular weight is 382 g/mol. The Bertz CT molecular complexity index is 895. The lowest BCUT2D eigenvalue weighted by Gasteiger charge is -2.29. The zero-order valence-electron chi connectivity index (χ0n) is 15.5. The fraction of sp³-hybridized carbons (Fsp3) is 0.318. The van der Waals surface area contributed by atoms with Gasteiger partial charge in [0.15, 0.2) is 6.23 Å². The molecular formula is C22H23FN2O3. The Balaban J connectivity index is 1.26. The van der Waals surface area contributed by atoms with Crippen LogP contribution in [0.15, 0.2) is 48.5 Å². The molecule has 0 bridgehead atoms. The molecular weight excluding hydrogens is 359 g/mol. The molecule has 0 aliphatic carbocycles. The zero-order valence-corrected chi connectivity index (χ0v) is 15.5. The van der Waals surface area contributed by atoms with Gasteiger partial charge in [0, 0.05) is 19.5 Å². The van der Waals surface area contributed by atoms with E-state index in [2.05, 4.69) is 16.3 Å². The normalized spacial score (nSPS) is 19.4. The molecule has 0 saturated carbocycles. The summed E-state index contributed by atoms with van der Waals surface area (Å²) in [6.07, 6.45) is 4.42. The molecule has 2 N–H and O–H groups in total. The number of ether oxygens (including phenoxy) is 1. The molecule has 146 valence electrons. The lowest BCUT2D eigenvalue weighted by Crippen LogP contribution is -2.43. The maximum atomic E-state index is 13.1. The summed E-state index contributed by atoms with van der Waals surface area (Å²) in [4.78, 5) is 14.5. The summed E-state index contributed by atoms with van der Waals surface area (Å²) in [6, 6.07) is 11.2. The van der Waals surface area contributed by atoms with Crippen molar-refractivity contribution >= 4 is 11.5 Å². The molecule has 1 amide bonds. The van der Waals surface area contributed by atoms with Crippen LogP contribution < -0.4 is 10.1 Å². The number of benzene rings is 2. The van der Waals surface area contributed by atoms with Crippen molar-refractivity contribution in [2.75, 3.05) is 19.6 Å². The van der Waals surface area contributed by atoms with Gasteiger partial charge in [-0.05, 0) is 60.9 Å². The van der Waals surface area contributed by atoms with Crippen LogP contribution in [0.4, 0.5) is 4.39 Å². The van der Waals surface area contributed by atoms with Gasteiger partial charge in [-0.3, -0.25) is 9.69 Å². The maximum absolute atomic E-state index is 13.1. The number of halogens is 1. The molecule has 2 heterocycles. The Labute approximate surface area is 163 Å². The molecule has 6 heteroatoms. The number of aromatic hydroxyl groups is 1. The van der Waals surface area contributed by atoms with Crippen LogP contribution in [-0.4, -0.2) is 41.8 Å². The number of carbonyl (C=O) groups excluding carboxylic acids is 1. The molecule has 0 aromatic heterocycles. The first-order valence-corrected chi connectivity index (χ1v) is 9.56. The second kappa shape index (κ2) is 8.02. The van der Waals surface area contributed by atoms with E-state index in [1.165, 1.54) is 29.8 Å². The van der Waals surface area contributed by atoms with E-state index < -0.39 is 0 Å². The summed E-state index contributed by atoms with van der Waals surface area (Å²) in [5.74, 6) is 0.135. The third-order valence-electron chi connectivity index (χ3n) is 5.22. The number of hydrogen-bond acceptors (Lipinski definition) is 4. The Hall–Kier alpha value is -2.86. The molecule has 5 nitrogen and oxygen atoms in total. The van der Waals surface area contributed by atoms with E-state index >= 15 is 0 Å². The average Bonchev–Trinajstić information content (AvgIpc) is 2.70. The van der Waals surface area contributed by atoms with Crippen LogP contribution in [0, 0.1) is 5.82 Å². The third-order valence-corrected chi connectivity index (χ3v) is 5.22. The number of phenols is 1. The van der Waals surface area contributed by atoms with E-state index in [4.69, 9.17) is 4.74 Å². The van der Waals surface area contributed by atoms with E-state index in [-0.39, 0.29) is 23.7 Å². The summed E-state index contributed by atoms with van der Waals surface area (Å²) in [5, 5.41) is 12.3. The highest BCUT2D eigenvalue weighted by molar-refractivity contribution is 5.98. The van der Waals surface area contributed by atoms with Crippen LogP contribution in [0.1, 0.15) is 35.2 Å². The van der Waals surface area contributed by atoms with Crippen molar-refractivity contribution in [3.8, 4) is 11.5 Å². The minimum absolute atomic E-state index is 0.0501. The molecule has 1 atom stereocenters. The van der Waals surface area contributed by atoms with E-state index in [0.717, 1.165) is 44.5 Å². The van der Waals surface area contributed by atoms with E-state index in [1.54, 1.807) is 6.07 Å². The quantitative estimate of drug-likeness (QED) is 0.830. The number of amides is 1. The Morgan fingerprint density at radius 1 is 1.21 bits per heavy atom. The van der Waals surface area contributed by atoms with Crippen molar-refractivity contribution in [2.24, 2.45) is 0 Å². The van der Waals surface area contributed by atoms with Gasteiger partial charge < -0.3 is 15.2 Å². The van der Waals surface area contributed by atoms with Crippen molar-refractivity contribution in [2.45, 2.75) is 25.5 Å². The summed E-state index contributed by atoms with van der Waals surface area (Å²) >= 11 is 0. The van der Waals surface area contributed by atoms with Gasteiger partial charge in [0.25, 0.3) is 5.91 Å². The minimum Gasteiger partial charge on any atom is -0.508 e. The van der Waals surface area contributed by atoms with Crippen LogP contribution in [0.3, 0.4) is 0 Å². The van der Waals surface area contributed by atoms with E-state index in [0.29, 0.717) is 11.3 Å². The van der Waals surface area contributed by atoms with Crippen LogP contribution in [-0.2, 0) is 0 Å². The van der Waals surface area contributed by atoms with Crippen molar-refractivity contribution in [3.63, 3.8) is 0 Å². The number of nitrogens with one attached hydrogen (secondary N) is 1. The van der Waals surface area contributed by atoms with Crippen molar-refractivity contribution < 1.29 is 19.0 Å². The minimum atomic E-state index is -0.348. The predicted octanol–water partition coefficient (Wildman–Crippen LogP) is 3.55. The lowest BCUT2D eigenvalue weighted by molar-refractivity contribution is 0.0727. The molecule has 0 radical (unpaired) electrons. The summed E-state index contributed by atoms with van der Waals surface area (Å²) in [7, 11) is 0. The number of fused-ring (bicyclic) bond motifs is 1. The topological polar surface area (TPSA) is 61.8 Å². The van der Waals surface area contributed by atoms with Crippen molar-refractivity contribution in [1.82, 2.24) is 10.2 Å². The predicted molar refractivity (Wildman–Crippen MR) is 105 cm³/mol. The largest absolute Gasteiger partial charge is 0.508 e. The summed E-state index contributed by atoms with van der Waals surface area (Å²) in [6.45, 7) is 2.75. The molecule has 0 spiro atoms. The fourth-order valence-corrected chi connectivity index (χ4v) is 3.68. The Kier molecular flexibility index (Phi) is 5.30. The molecule has 2 aliphatic rings. The lowest BCUT2D eigenvalue weighted by atomic mass is 9.99. The van der Waals surface area contributed by atoms with Gasteiger partial charge >= 0.3 is 0 Å². The Morgan fingerprint density at radius 3 is 2.79 bits per heavy atom. The van der Waals surface area contributed by atoms with Crippen LogP contribution in [0.5, 0.6) is 11.5 Å². The zero-order chi connectivity index (χ0) is 19.5. The van der Waals surface area contributed by atoms with Gasteiger partial charge in [0.1, 0.15) is 17.3 Å². The summed E-state index contributed by atoms with van der Waals surface area (Å²) < 4.78 is 18.9. The van der Waals surface area contributed by atoms with Crippen LogP contribution in [0.25, 0.3) is 5.57 Å². The first-order valence-electron chi connectivity index (χ1n) is 9.56. The van der Waals surface area contributed by atoms with Crippen LogP contribution >= 0.6 is 0 Å². The highest BCUT2D eigenvalue weighted by Crippen LogP contribution is 2.28. The highest BCUT2D eigenvalue weighted by atomic mass is 19.1. The third kappa shape index (κ3) is 4.17. The number of phenolic OH excluding ortho intramolecular Hbond substituents is 1. The molecule has 28 heavy (non-hydrogen) atoms. The highest BCUT2D eigenvalue weighted by Gasteiger charge is 2.25. The van der Waals surface area contributed by atoms with Gasteiger partial charge in [-0.25, -0.2) is 4.39 Å². The van der Waals surface area contributed by atoms with Crippen molar-refractivity contribution in [1.29, 1.82) is 0 Å². The Morgan fingerprint density at radius 2 is 2.04 bits per heavy atom. The van der Waals surface area contributed by atoms with Gasteiger partial charge in [0.05, 0.1) is 5.56 Å². The summed E-state index contributed by atoms with van der Waals surface area (Å²) in [5.41, 5.74) is 2.72. The molecule has 2 aromatic carbocycles. The smallest absolute Gasteiger partial charge is 0.257 e. The molecule has 0 saturated heterocycles. The number of nitrogens with zero attached hydrogens (tertiary/aromatic N) is 1. The second-order valence-electron chi connectivity index (χ2n) is 7.19. The standard InChI is InChI=1S/C22H23FN2O3/c23-17-5-3-15(4-6-17)16-9-12-25(13-10-16)11-1-2-21-24-22(27)19-14-18(26)7-8-20(19)28-21/h3-9,14,21,26H,1-2,10-13H2,(H,24,27). The van der Waals surface area contributed by atoms with Gasteiger partial charge in [-0.1, -0.05) is 18.2 Å². The van der Waals surface area contributed by atoms with Crippen molar-refractivity contribution in [3.05, 3.63) is 65.5 Å². The maximum Gasteiger partial charge on any atom is 0.257 e. The number of carbonyl (C=O) groups is 1. The molecule has 2 aliphatic heterocycles. The fourth-order valence-electron chi connectivity index (χ4n) is 3.68. The second-order valence-corrected chi connectivity index (χ2v) is 7.19. The van der Waals surface area contributed by atoms with E-state index in [9.17, 15) is 14.3 Å².